The first-order valence-electron chi connectivity index (χ1n) is 10.6. The second-order valence-corrected chi connectivity index (χ2v) is 10.9. The molecule has 33 heavy (non-hydrogen) atoms. The number of sulfonamides is 1. The van der Waals surface area contributed by atoms with Gasteiger partial charge in [-0.15, -0.1) is 0 Å². The number of rotatable bonds is 5. The zero-order valence-corrected chi connectivity index (χ0v) is 18.9. The molecule has 2 atom stereocenters. The molecule has 3 heterocycles. The third-order valence-electron chi connectivity index (χ3n) is 6.97. The summed E-state index contributed by atoms with van der Waals surface area (Å²) in [5.74, 6) is -4.12. The maximum atomic E-state index is 15.1. The van der Waals surface area contributed by atoms with Crippen molar-refractivity contribution in [2.24, 2.45) is 5.41 Å². The second kappa shape index (κ2) is 7.99. The molecule has 1 unspecified atom stereocenters. The predicted octanol–water partition coefficient (Wildman–Crippen LogP) is 3.97. The van der Waals surface area contributed by atoms with Crippen molar-refractivity contribution in [3.05, 3.63) is 46.9 Å². The lowest BCUT2D eigenvalue weighted by atomic mass is 9.62. The highest BCUT2D eigenvalue weighted by atomic mass is 35.5. The van der Waals surface area contributed by atoms with Crippen molar-refractivity contribution in [3.63, 3.8) is 0 Å². The van der Waals surface area contributed by atoms with Crippen molar-refractivity contribution < 1.29 is 26.0 Å². The smallest absolute Gasteiger partial charge is 0.268 e. The number of halogens is 5. The van der Waals surface area contributed by atoms with Crippen LogP contribution >= 0.6 is 11.6 Å². The van der Waals surface area contributed by atoms with Crippen LogP contribution in [-0.4, -0.2) is 56.7 Å². The van der Waals surface area contributed by atoms with Gasteiger partial charge in [0.2, 0.25) is 5.95 Å². The lowest BCUT2D eigenvalue weighted by molar-refractivity contribution is -0.0762. The van der Waals surface area contributed by atoms with E-state index in [2.05, 4.69) is 9.88 Å². The van der Waals surface area contributed by atoms with Gasteiger partial charge in [0.1, 0.15) is 22.8 Å². The van der Waals surface area contributed by atoms with Gasteiger partial charge in [0.15, 0.2) is 10.7 Å². The number of pyridine rings is 1. The molecule has 1 spiro atoms. The van der Waals surface area contributed by atoms with Gasteiger partial charge < -0.3 is 4.90 Å². The quantitative estimate of drug-likeness (QED) is 0.379. The molecule has 2 aromatic rings. The van der Waals surface area contributed by atoms with Crippen LogP contribution in [-0.2, 0) is 10.0 Å². The van der Waals surface area contributed by atoms with Crippen molar-refractivity contribution >= 4 is 33.1 Å². The molecule has 1 N–H and O–H groups in total. The molecule has 6 nitrogen and oxygen atoms in total. The molecule has 1 saturated carbocycles. The number of nitrogens with one attached hydrogen (secondary N) is 1. The largest absolute Gasteiger partial charge is 0.370 e. The minimum atomic E-state index is -4.77. The molecule has 0 bridgehead atoms. The van der Waals surface area contributed by atoms with Crippen LogP contribution in [0, 0.1) is 23.0 Å². The van der Waals surface area contributed by atoms with Gasteiger partial charge in [-0.1, -0.05) is 17.7 Å². The number of hydrogen-bond donors (Lipinski definition) is 1. The summed E-state index contributed by atoms with van der Waals surface area (Å²) in [5.41, 5.74) is -0.0183. The zero-order chi connectivity index (χ0) is 23.5. The molecular formula is C21H21ClF4N4O2S. The number of anilines is 2. The van der Waals surface area contributed by atoms with Crippen molar-refractivity contribution in [3.8, 4) is 0 Å². The van der Waals surface area contributed by atoms with Gasteiger partial charge in [0, 0.05) is 43.7 Å². The first-order valence-corrected chi connectivity index (χ1v) is 12.4. The Morgan fingerprint density at radius 2 is 1.94 bits per heavy atom. The molecule has 0 radical (unpaired) electrons. The molecule has 178 valence electrons. The van der Waals surface area contributed by atoms with E-state index in [0.717, 1.165) is 37.5 Å². The summed E-state index contributed by atoms with van der Waals surface area (Å²) in [5, 5.41) is -0.510. The molecule has 3 fully saturated rings. The Morgan fingerprint density at radius 1 is 1.18 bits per heavy atom. The summed E-state index contributed by atoms with van der Waals surface area (Å²) in [4.78, 5) is 5.96. The van der Waals surface area contributed by atoms with Crippen molar-refractivity contribution in [1.82, 2.24) is 9.88 Å². The van der Waals surface area contributed by atoms with Gasteiger partial charge in [0.25, 0.3) is 10.0 Å². The lowest BCUT2D eigenvalue weighted by Crippen LogP contribution is -2.64. The SMILES string of the molecule is O=S(=O)(Nc1cccc(F)n1)c1c(F)cc(N2CC[C@@]3(CCC3N3CC(F)C3)C2)c(Cl)c1F. The van der Waals surface area contributed by atoms with Crippen LogP contribution in [0.15, 0.2) is 29.2 Å². The highest BCUT2D eigenvalue weighted by molar-refractivity contribution is 7.92. The topological polar surface area (TPSA) is 65.5 Å². The number of benzene rings is 1. The van der Waals surface area contributed by atoms with Crippen molar-refractivity contribution in [2.75, 3.05) is 35.8 Å². The van der Waals surface area contributed by atoms with Gasteiger partial charge >= 0.3 is 0 Å². The van der Waals surface area contributed by atoms with Crippen LogP contribution in [0.25, 0.3) is 0 Å². The summed E-state index contributed by atoms with van der Waals surface area (Å²) in [6, 6.07) is 4.48. The van der Waals surface area contributed by atoms with E-state index in [9.17, 15) is 21.6 Å². The summed E-state index contributed by atoms with van der Waals surface area (Å²) in [6.07, 6.45) is 1.86. The van der Waals surface area contributed by atoms with Crippen LogP contribution in [0.4, 0.5) is 29.1 Å². The monoisotopic (exact) mass is 504 g/mol. The second-order valence-electron chi connectivity index (χ2n) is 8.93. The summed E-state index contributed by atoms with van der Waals surface area (Å²) in [6.45, 7) is 1.83. The number of alkyl halides is 1. The molecule has 5 rings (SSSR count). The van der Waals surface area contributed by atoms with Gasteiger partial charge in [-0.25, -0.2) is 26.6 Å². The molecule has 2 saturated heterocycles. The Bertz CT molecular complexity index is 1210. The molecule has 1 aromatic heterocycles. The van der Waals surface area contributed by atoms with E-state index in [0.29, 0.717) is 26.2 Å². The Morgan fingerprint density at radius 3 is 2.58 bits per heavy atom. The minimum Gasteiger partial charge on any atom is -0.370 e. The standard InChI is InChI=1S/C21H21ClF4N4O2S/c22-18-14(29-7-6-21(11-29)5-4-15(21)30-9-12(23)10-30)8-13(24)20(19(18)26)33(31,32)28-17-3-1-2-16(25)27-17/h1-3,8,12,15H,4-7,9-11H2,(H,27,28)/t15?,21-/m0/s1. The fraction of sp³-hybridized carbons (Fsp3) is 0.476. The van der Waals surface area contributed by atoms with E-state index in [-0.39, 0.29) is 17.1 Å². The van der Waals surface area contributed by atoms with E-state index < -0.39 is 49.5 Å². The number of hydrogen-bond acceptors (Lipinski definition) is 5. The Labute approximate surface area is 193 Å². The van der Waals surface area contributed by atoms with Gasteiger partial charge in [-0.3, -0.25) is 9.62 Å². The fourth-order valence-electron chi connectivity index (χ4n) is 5.24. The average molecular weight is 505 g/mol. The summed E-state index contributed by atoms with van der Waals surface area (Å²) in [7, 11) is -4.77. The van der Waals surface area contributed by atoms with Crippen LogP contribution in [0.2, 0.25) is 5.02 Å². The van der Waals surface area contributed by atoms with Crippen molar-refractivity contribution in [2.45, 2.75) is 36.4 Å². The summed E-state index contributed by atoms with van der Waals surface area (Å²) < 4.78 is 83.7. The first kappa shape index (κ1) is 22.7. The van der Waals surface area contributed by atoms with Gasteiger partial charge in [-0.2, -0.15) is 4.39 Å². The van der Waals surface area contributed by atoms with Crippen LogP contribution in [0.3, 0.4) is 0 Å². The number of likely N-dealkylation sites (tertiary alicyclic amines) is 1. The maximum Gasteiger partial charge on any atom is 0.268 e. The van der Waals surface area contributed by atoms with E-state index in [4.69, 9.17) is 11.6 Å². The molecule has 0 amide bonds. The average Bonchev–Trinajstić information content (AvgIpc) is 3.16. The van der Waals surface area contributed by atoms with Gasteiger partial charge in [-0.05, 0) is 31.4 Å². The molecule has 12 heteroatoms. The van der Waals surface area contributed by atoms with E-state index >= 15 is 4.39 Å². The highest BCUT2D eigenvalue weighted by Gasteiger charge is 2.55. The van der Waals surface area contributed by atoms with E-state index in [1.165, 1.54) is 6.07 Å². The van der Waals surface area contributed by atoms with Crippen LogP contribution in [0.1, 0.15) is 19.3 Å². The first-order chi connectivity index (χ1) is 15.6. The lowest BCUT2D eigenvalue weighted by Gasteiger charge is -2.56. The third kappa shape index (κ3) is 3.83. The van der Waals surface area contributed by atoms with E-state index in [1.54, 1.807) is 4.90 Å². The minimum absolute atomic E-state index is 0.0731. The van der Waals surface area contributed by atoms with Gasteiger partial charge in [0.05, 0.1) is 5.69 Å². The van der Waals surface area contributed by atoms with E-state index in [1.807, 2.05) is 4.72 Å². The molecular weight excluding hydrogens is 484 g/mol. The van der Waals surface area contributed by atoms with Crippen molar-refractivity contribution in [1.29, 1.82) is 0 Å². The number of nitrogens with zero attached hydrogens (tertiary/aromatic N) is 3. The molecule has 1 aliphatic carbocycles. The summed E-state index contributed by atoms with van der Waals surface area (Å²) >= 11 is 6.18. The molecule has 2 aliphatic heterocycles. The third-order valence-corrected chi connectivity index (χ3v) is 8.72. The zero-order valence-electron chi connectivity index (χ0n) is 17.4. The number of aromatic nitrogens is 1. The molecule has 3 aliphatic rings. The predicted molar refractivity (Wildman–Crippen MR) is 115 cm³/mol. The Kier molecular flexibility index (Phi) is 5.49. The Balaban J connectivity index is 1.40. The Hall–Kier alpha value is -2.11. The van der Waals surface area contributed by atoms with Crippen LogP contribution < -0.4 is 9.62 Å². The van der Waals surface area contributed by atoms with Crippen LogP contribution in [0.5, 0.6) is 0 Å². The highest BCUT2D eigenvalue weighted by Crippen LogP contribution is 2.53. The normalized spacial score (nSPS) is 25.8. The fourth-order valence-corrected chi connectivity index (χ4v) is 6.70. The maximum absolute atomic E-state index is 15.1. The molecule has 1 aromatic carbocycles.